The van der Waals surface area contributed by atoms with E-state index < -0.39 is 0 Å². The third kappa shape index (κ3) is 3.85. The van der Waals surface area contributed by atoms with Gasteiger partial charge in [-0.3, -0.25) is 9.59 Å². The highest BCUT2D eigenvalue weighted by molar-refractivity contribution is 5.94. The highest BCUT2D eigenvalue weighted by Gasteiger charge is 2.32. The predicted octanol–water partition coefficient (Wildman–Crippen LogP) is 0.411. The fourth-order valence-electron chi connectivity index (χ4n) is 3.09. The molecule has 120 valence electrons. The summed E-state index contributed by atoms with van der Waals surface area (Å²) in [5.74, 6) is -0.218. The molecule has 0 bridgehead atoms. The number of aryl methyl sites for hydroxylation is 2. The molecule has 5 nitrogen and oxygen atoms in total. The molecule has 1 heterocycles. The smallest absolute Gasteiger partial charge is 0.282 e. The fraction of sp³-hybridized carbons (Fsp3) is 0.529. The Morgan fingerprint density at radius 2 is 1.91 bits per heavy atom. The second kappa shape index (κ2) is 6.92. The quantitative estimate of drug-likeness (QED) is 0.753. The van der Waals surface area contributed by atoms with Crippen LogP contribution in [0.25, 0.3) is 0 Å². The van der Waals surface area contributed by atoms with Gasteiger partial charge in [0.25, 0.3) is 5.91 Å². The Morgan fingerprint density at radius 1 is 1.27 bits per heavy atom. The normalized spacial score (nSPS) is 22.9. The van der Waals surface area contributed by atoms with Crippen molar-refractivity contribution < 1.29 is 14.5 Å². The maximum absolute atomic E-state index is 12.4. The first-order valence-corrected chi connectivity index (χ1v) is 7.90. The molecule has 22 heavy (non-hydrogen) atoms. The van der Waals surface area contributed by atoms with Gasteiger partial charge >= 0.3 is 0 Å². The summed E-state index contributed by atoms with van der Waals surface area (Å²) in [5.41, 5.74) is 8.48. The van der Waals surface area contributed by atoms with Crippen LogP contribution in [0, 0.1) is 19.8 Å². The number of hydrogen-bond donors (Lipinski definition) is 3. The van der Waals surface area contributed by atoms with E-state index in [1.807, 2.05) is 32.9 Å². The van der Waals surface area contributed by atoms with E-state index in [4.69, 9.17) is 5.73 Å². The number of primary amides is 1. The van der Waals surface area contributed by atoms with Crippen molar-refractivity contribution in [1.82, 2.24) is 0 Å². The standard InChI is InChI=1S/C17H25N3O2/c1-11-4-5-15(12(2)10-11)19-17(22)13(3)20-8-6-14(7-9-20)16(18)21/h4-5,10,13-14H,6-9H2,1-3H3,(H2,18,21)(H,19,22)/p+1/t13-/m0/s1. The van der Waals surface area contributed by atoms with E-state index >= 15 is 0 Å². The second-order valence-corrected chi connectivity index (χ2v) is 6.36. The molecule has 1 fully saturated rings. The Bertz CT molecular complexity index is 563. The van der Waals surface area contributed by atoms with Crippen molar-refractivity contribution in [2.24, 2.45) is 11.7 Å². The van der Waals surface area contributed by atoms with E-state index in [2.05, 4.69) is 11.4 Å². The van der Waals surface area contributed by atoms with Crippen molar-refractivity contribution in [2.45, 2.75) is 39.7 Å². The van der Waals surface area contributed by atoms with Crippen LogP contribution in [0.2, 0.25) is 0 Å². The van der Waals surface area contributed by atoms with Crippen molar-refractivity contribution in [2.75, 3.05) is 18.4 Å². The first kappa shape index (κ1) is 16.5. The van der Waals surface area contributed by atoms with Gasteiger partial charge in [-0.25, -0.2) is 0 Å². The van der Waals surface area contributed by atoms with Crippen LogP contribution in [-0.4, -0.2) is 30.9 Å². The first-order valence-electron chi connectivity index (χ1n) is 7.90. The minimum atomic E-state index is -0.216. The molecule has 1 aliphatic heterocycles. The lowest BCUT2D eigenvalue weighted by atomic mass is 9.95. The molecule has 0 unspecified atom stereocenters. The second-order valence-electron chi connectivity index (χ2n) is 6.36. The number of hydrogen-bond acceptors (Lipinski definition) is 2. The summed E-state index contributed by atoms with van der Waals surface area (Å²) in [6, 6.07) is 5.88. The van der Waals surface area contributed by atoms with Gasteiger partial charge in [-0.2, -0.15) is 0 Å². The molecule has 2 amide bonds. The minimum Gasteiger partial charge on any atom is -0.369 e. The summed E-state index contributed by atoms with van der Waals surface area (Å²) in [6.45, 7) is 7.61. The maximum atomic E-state index is 12.4. The minimum absolute atomic E-state index is 0.0273. The van der Waals surface area contributed by atoms with Gasteiger partial charge in [0, 0.05) is 24.4 Å². The first-order chi connectivity index (χ1) is 10.4. The van der Waals surface area contributed by atoms with Crippen LogP contribution in [0.5, 0.6) is 0 Å². The molecule has 0 aromatic heterocycles. The number of nitrogens with two attached hydrogens (primary N) is 1. The maximum Gasteiger partial charge on any atom is 0.282 e. The average molecular weight is 304 g/mol. The number of quaternary nitrogens is 1. The molecule has 0 radical (unpaired) electrons. The molecular formula is C17H26N3O2+. The molecule has 1 aromatic carbocycles. The summed E-state index contributed by atoms with van der Waals surface area (Å²) in [5, 5.41) is 3.02. The molecule has 1 aliphatic rings. The van der Waals surface area contributed by atoms with Gasteiger partial charge in [-0.15, -0.1) is 0 Å². The van der Waals surface area contributed by atoms with Crippen LogP contribution in [0.15, 0.2) is 18.2 Å². The van der Waals surface area contributed by atoms with Crippen molar-refractivity contribution in [3.63, 3.8) is 0 Å². The molecule has 2 rings (SSSR count). The van der Waals surface area contributed by atoms with E-state index in [0.29, 0.717) is 0 Å². The Balaban J connectivity index is 1.94. The summed E-state index contributed by atoms with van der Waals surface area (Å²) in [6.07, 6.45) is 1.54. The van der Waals surface area contributed by atoms with E-state index in [1.165, 1.54) is 10.5 Å². The van der Waals surface area contributed by atoms with Crippen LogP contribution in [0.4, 0.5) is 5.69 Å². The Labute approximate surface area is 131 Å². The zero-order valence-corrected chi connectivity index (χ0v) is 13.6. The van der Waals surface area contributed by atoms with Gasteiger partial charge in [0.05, 0.1) is 13.1 Å². The van der Waals surface area contributed by atoms with E-state index in [1.54, 1.807) is 0 Å². The Hall–Kier alpha value is -1.88. The van der Waals surface area contributed by atoms with Gasteiger partial charge in [0.15, 0.2) is 6.04 Å². The molecule has 0 aliphatic carbocycles. The molecule has 0 saturated carbocycles. The van der Waals surface area contributed by atoms with Crippen LogP contribution in [0.1, 0.15) is 30.9 Å². The molecule has 5 heteroatoms. The summed E-state index contributed by atoms with van der Waals surface area (Å²) < 4.78 is 0. The van der Waals surface area contributed by atoms with Gasteiger partial charge < -0.3 is 16.0 Å². The Morgan fingerprint density at radius 3 is 2.45 bits per heavy atom. The summed E-state index contributed by atoms with van der Waals surface area (Å²) >= 11 is 0. The van der Waals surface area contributed by atoms with Gasteiger partial charge in [-0.1, -0.05) is 17.7 Å². The highest BCUT2D eigenvalue weighted by Crippen LogP contribution is 2.16. The van der Waals surface area contributed by atoms with E-state index in [9.17, 15) is 9.59 Å². The number of benzene rings is 1. The van der Waals surface area contributed by atoms with Crippen molar-refractivity contribution in [3.8, 4) is 0 Å². The Kier molecular flexibility index (Phi) is 5.19. The number of amides is 2. The molecule has 1 saturated heterocycles. The number of likely N-dealkylation sites (tertiary alicyclic amines) is 1. The number of anilines is 1. The monoisotopic (exact) mass is 304 g/mol. The van der Waals surface area contributed by atoms with E-state index in [-0.39, 0.29) is 23.8 Å². The number of piperidine rings is 1. The molecule has 1 aromatic rings. The summed E-state index contributed by atoms with van der Waals surface area (Å²) in [4.78, 5) is 24.9. The topological polar surface area (TPSA) is 76.6 Å². The predicted molar refractivity (Wildman–Crippen MR) is 86.6 cm³/mol. The third-order valence-electron chi connectivity index (χ3n) is 4.68. The lowest BCUT2D eigenvalue weighted by Crippen LogP contribution is -3.17. The zero-order valence-electron chi connectivity index (χ0n) is 13.6. The largest absolute Gasteiger partial charge is 0.369 e. The SMILES string of the molecule is Cc1ccc(NC(=O)[C@H](C)[NH+]2CCC(C(N)=O)CC2)c(C)c1. The van der Waals surface area contributed by atoms with Gasteiger partial charge in [-0.05, 0) is 32.4 Å². The summed E-state index contributed by atoms with van der Waals surface area (Å²) in [7, 11) is 0. The highest BCUT2D eigenvalue weighted by atomic mass is 16.2. The number of rotatable bonds is 4. The van der Waals surface area contributed by atoms with Crippen LogP contribution < -0.4 is 16.0 Å². The third-order valence-corrected chi connectivity index (χ3v) is 4.68. The zero-order chi connectivity index (χ0) is 16.3. The molecule has 0 spiro atoms. The lowest BCUT2D eigenvalue weighted by Gasteiger charge is -2.31. The van der Waals surface area contributed by atoms with Crippen LogP contribution in [0.3, 0.4) is 0 Å². The molecule has 4 N–H and O–H groups in total. The number of carbonyl (C=O) groups excluding carboxylic acids is 2. The van der Waals surface area contributed by atoms with E-state index in [0.717, 1.165) is 37.2 Å². The van der Waals surface area contributed by atoms with Crippen molar-refractivity contribution in [3.05, 3.63) is 29.3 Å². The van der Waals surface area contributed by atoms with Gasteiger partial charge in [0.1, 0.15) is 0 Å². The van der Waals surface area contributed by atoms with Crippen molar-refractivity contribution >= 4 is 17.5 Å². The number of carbonyl (C=O) groups is 2. The van der Waals surface area contributed by atoms with Crippen LogP contribution in [-0.2, 0) is 9.59 Å². The van der Waals surface area contributed by atoms with Gasteiger partial charge in [0.2, 0.25) is 5.91 Å². The van der Waals surface area contributed by atoms with Crippen LogP contribution >= 0.6 is 0 Å². The number of nitrogens with one attached hydrogen (secondary N) is 2. The van der Waals surface area contributed by atoms with Crippen molar-refractivity contribution in [1.29, 1.82) is 0 Å². The lowest BCUT2D eigenvalue weighted by molar-refractivity contribution is -0.919. The molecule has 1 atom stereocenters. The average Bonchev–Trinajstić information content (AvgIpc) is 2.49. The fourth-order valence-corrected chi connectivity index (χ4v) is 3.09. The molecular weight excluding hydrogens is 278 g/mol.